The van der Waals surface area contributed by atoms with Gasteiger partial charge in [-0.3, -0.25) is 14.9 Å². The van der Waals surface area contributed by atoms with Crippen LogP contribution in [-0.4, -0.2) is 24.9 Å². The fourth-order valence-electron chi connectivity index (χ4n) is 4.21. The molecule has 2 aliphatic rings. The monoisotopic (exact) mass is 354 g/mol. The summed E-state index contributed by atoms with van der Waals surface area (Å²) in [6, 6.07) is 6.38. The van der Waals surface area contributed by atoms with E-state index in [9.17, 15) is 9.59 Å². The van der Waals surface area contributed by atoms with Gasteiger partial charge in [0, 0.05) is 6.42 Å². The van der Waals surface area contributed by atoms with E-state index in [-0.39, 0.29) is 17.7 Å². The Morgan fingerprint density at radius 2 is 1.92 bits per heavy atom. The zero-order valence-electron chi connectivity index (χ0n) is 15.8. The van der Waals surface area contributed by atoms with Gasteiger partial charge in [-0.1, -0.05) is 37.3 Å². The van der Waals surface area contributed by atoms with Gasteiger partial charge < -0.3 is 5.32 Å². The van der Waals surface area contributed by atoms with Gasteiger partial charge in [-0.05, 0) is 74.2 Å². The zero-order chi connectivity index (χ0) is 18.5. The molecule has 2 heterocycles. The molecule has 2 saturated heterocycles. The zero-order valence-corrected chi connectivity index (χ0v) is 15.8. The molecular weight excluding hydrogens is 324 g/mol. The molecule has 3 rings (SSSR count). The molecule has 0 saturated carbocycles. The standard InChI is InChI=1S/C22H30N2O2/c1-3-17-14-19(20-6-7-21(25)24-22(20)26)5-4-18(17)13-15(2)12-16-8-10-23-11-9-16/h4-5,14,16,20,23H,2-3,6-13H2,1H3,(H,24,25,26). The summed E-state index contributed by atoms with van der Waals surface area (Å²) in [6.45, 7) is 8.73. The smallest absolute Gasteiger partial charge is 0.234 e. The third-order valence-electron chi connectivity index (χ3n) is 5.73. The first-order chi connectivity index (χ1) is 12.6. The first kappa shape index (κ1) is 18.8. The van der Waals surface area contributed by atoms with Crippen molar-refractivity contribution in [2.24, 2.45) is 5.92 Å². The highest BCUT2D eigenvalue weighted by molar-refractivity contribution is 6.00. The van der Waals surface area contributed by atoms with Crippen LogP contribution in [0, 0.1) is 5.92 Å². The predicted octanol–water partition coefficient (Wildman–Crippen LogP) is 3.26. The summed E-state index contributed by atoms with van der Waals surface area (Å²) >= 11 is 0. The molecule has 2 fully saturated rings. The molecule has 0 bridgehead atoms. The molecule has 1 aromatic rings. The summed E-state index contributed by atoms with van der Waals surface area (Å²) in [6.07, 6.45) is 6.49. The van der Waals surface area contributed by atoms with Gasteiger partial charge in [0.05, 0.1) is 5.92 Å². The van der Waals surface area contributed by atoms with E-state index in [1.807, 2.05) is 0 Å². The number of carbonyl (C=O) groups is 2. The third kappa shape index (κ3) is 4.61. The van der Waals surface area contributed by atoms with Crippen LogP contribution in [0.1, 0.15) is 61.6 Å². The van der Waals surface area contributed by atoms with Crippen molar-refractivity contribution in [3.63, 3.8) is 0 Å². The van der Waals surface area contributed by atoms with Crippen molar-refractivity contribution in [2.45, 2.75) is 57.8 Å². The molecule has 1 aromatic carbocycles. The Kier molecular flexibility index (Phi) is 6.25. The number of nitrogens with one attached hydrogen (secondary N) is 2. The van der Waals surface area contributed by atoms with Gasteiger partial charge in [-0.2, -0.15) is 0 Å². The van der Waals surface area contributed by atoms with Crippen LogP contribution < -0.4 is 10.6 Å². The molecule has 0 radical (unpaired) electrons. The third-order valence-corrected chi connectivity index (χ3v) is 5.73. The maximum Gasteiger partial charge on any atom is 0.234 e. The van der Waals surface area contributed by atoms with Crippen molar-refractivity contribution < 1.29 is 9.59 Å². The van der Waals surface area contributed by atoms with Crippen molar-refractivity contribution in [3.8, 4) is 0 Å². The van der Waals surface area contributed by atoms with Gasteiger partial charge in [-0.15, -0.1) is 0 Å². The van der Waals surface area contributed by atoms with Crippen molar-refractivity contribution in [1.82, 2.24) is 10.6 Å². The predicted molar refractivity (Wildman–Crippen MR) is 104 cm³/mol. The second kappa shape index (κ2) is 8.63. The minimum absolute atomic E-state index is 0.159. The van der Waals surface area contributed by atoms with E-state index in [2.05, 4.69) is 42.3 Å². The normalized spacial score (nSPS) is 21.5. The molecule has 2 N–H and O–H groups in total. The van der Waals surface area contributed by atoms with E-state index in [0.29, 0.717) is 12.8 Å². The Morgan fingerprint density at radius 3 is 2.62 bits per heavy atom. The molecule has 0 aromatic heterocycles. The van der Waals surface area contributed by atoms with E-state index in [1.165, 1.54) is 29.5 Å². The quantitative estimate of drug-likeness (QED) is 0.609. The summed E-state index contributed by atoms with van der Waals surface area (Å²) in [5.41, 5.74) is 4.95. The van der Waals surface area contributed by atoms with Crippen molar-refractivity contribution in [3.05, 3.63) is 47.0 Å². The molecule has 1 unspecified atom stereocenters. The lowest BCUT2D eigenvalue weighted by Gasteiger charge is -2.24. The number of hydrogen-bond donors (Lipinski definition) is 2. The lowest BCUT2D eigenvalue weighted by molar-refractivity contribution is -0.134. The summed E-state index contributed by atoms with van der Waals surface area (Å²) < 4.78 is 0. The van der Waals surface area contributed by atoms with Crippen molar-refractivity contribution >= 4 is 11.8 Å². The van der Waals surface area contributed by atoms with Crippen LogP contribution in [0.15, 0.2) is 30.4 Å². The van der Waals surface area contributed by atoms with E-state index in [4.69, 9.17) is 0 Å². The second-order valence-electron chi connectivity index (χ2n) is 7.71. The summed E-state index contributed by atoms with van der Waals surface area (Å²) in [7, 11) is 0. The molecule has 0 spiro atoms. The molecule has 1 atom stereocenters. The van der Waals surface area contributed by atoms with Gasteiger partial charge in [0.15, 0.2) is 0 Å². The van der Waals surface area contributed by atoms with Gasteiger partial charge in [0.1, 0.15) is 0 Å². The SMILES string of the molecule is C=C(Cc1ccc(C2CCC(=O)NC2=O)cc1CC)CC1CCNCC1. The lowest BCUT2D eigenvalue weighted by Crippen LogP contribution is -2.39. The Hall–Kier alpha value is -1.94. The highest BCUT2D eigenvalue weighted by atomic mass is 16.2. The Balaban J connectivity index is 1.67. The first-order valence-electron chi connectivity index (χ1n) is 9.89. The number of aryl methyl sites for hydroxylation is 1. The summed E-state index contributed by atoms with van der Waals surface area (Å²) in [5.74, 6) is 0.237. The maximum absolute atomic E-state index is 12.1. The number of carbonyl (C=O) groups excluding carboxylic acids is 2. The lowest BCUT2D eigenvalue weighted by atomic mass is 9.85. The highest BCUT2D eigenvalue weighted by Gasteiger charge is 2.28. The van der Waals surface area contributed by atoms with E-state index in [1.54, 1.807) is 0 Å². The molecule has 0 aliphatic carbocycles. The number of benzene rings is 1. The number of amides is 2. The average molecular weight is 354 g/mol. The molecule has 2 aliphatic heterocycles. The molecule has 4 nitrogen and oxygen atoms in total. The minimum atomic E-state index is -0.204. The highest BCUT2D eigenvalue weighted by Crippen LogP contribution is 2.29. The van der Waals surface area contributed by atoms with Crippen LogP contribution in [0.3, 0.4) is 0 Å². The van der Waals surface area contributed by atoms with Crippen LogP contribution in [0.5, 0.6) is 0 Å². The first-order valence-corrected chi connectivity index (χ1v) is 9.89. The van der Waals surface area contributed by atoms with Gasteiger partial charge >= 0.3 is 0 Å². The maximum atomic E-state index is 12.1. The Labute approximate surface area is 156 Å². The van der Waals surface area contributed by atoms with E-state index >= 15 is 0 Å². The second-order valence-corrected chi connectivity index (χ2v) is 7.71. The van der Waals surface area contributed by atoms with E-state index in [0.717, 1.165) is 43.8 Å². The van der Waals surface area contributed by atoms with Gasteiger partial charge in [0.25, 0.3) is 0 Å². The number of rotatable bonds is 6. The summed E-state index contributed by atoms with van der Waals surface area (Å²) in [4.78, 5) is 23.5. The minimum Gasteiger partial charge on any atom is -0.317 e. The molecular formula is C22H30N2O2. The van der Waals surface area contributed by atoms with E-state index < -0.39 is 0 Å². The largest absolute Gasteiger partial charge is 0.317 e. The van der Waals surface area contributed by atoms with Crippen LogP contribution >= 0.6 is 0 Å². The Morgan fingerprint density at radius 1 is 1.15 bits per heavy atom. The van der Waals surface area contributed by atoms with Crippen LogP contribution in [0.4, 0.5) is 0 Å². The van der Waals surface area contributed by atoms with Crippen molar-refractivity contribution in [1.29, 1.82) is 0 Å². The molecule has 4 heteroatoms. The van der Waals surface area contributed by atoms with Gasteiger partial charge in [-0.25, -0.2) is 0 Å². The molecule has 26 heavy (non-hydrogen) atoms. The molecule has 2 amide bonds. The number of imide groups is 1. The van der Waals surface area contributed by atoms with Crippen molar-refractivity contribution in [2.75, 3.05) is 13.1 Å². The van der Waals surface area contributed by atoms with Crippen LogP contribution in [0.2, 0.25) is 0 Å². The Bertz CT molecular complexity index is 689. The number of hydrogen-bond acceptors (Lipinski definition) is 3. The number of allylic oxidation sites excluding steroid dienone is 1. The van der Waals surface area contributed by atoms with Crippen LogP contribution in [-0.2, 0) is 22.4 Å². The molecule has 140 valence electrons. The fraction of sp³-hybridized carbons (Fsp3) is 0.545. The van der Waals surface area contributed by atoms with Crippen LogP contribution in [0.25, 0.3) is 0 Å². The van der Waals surface area contributed by atoms with Gasteiger partial charge in [0.2, 0.25) is 11.8 Å². The average Bonchev–Trinajstić information content (AvgIpc) is 2.63. The number of piperidine rings is 2. The topological polar surface area (TPSA) is 58.2 Å². The fourth-order valence-corrected chi connectivity index (χ4v) is 4.21. The summed E-state index contributed by atoms with van der Waals surface area (Å²) in [5, 5.41) is 5.88.